The summed E-state index contributed by atoms with van der Waals surface area (Å²) in [6.45, 7) is -0.399. The second kappa shape index (κ2) is 8.68. The average Bonchev–Trinajstić information content (AvgIpc) is 2.64. The number of ether oxygens (including phenoxy) is 2. The standard InChI is InChI=1S/C17H19N3O5/c18-9-12-4-6-13(7-5-12)24-11-16(22)25-10-15(21)20-8-2-1-3-14(20)17(19)23/h4-7,14H,1-3,8,10-11H2,(H2,19,23)/t14-/m0/s1. The van der Waals surface area contributed by atoms with Crippen LogP contribution in [-0.2, 0) is 19.1 Å². The summed E-state index contributed by atoms with van der Waals surface area (Å²) in [7, 11) is 0. The van der Waals surface area contributed by atoms with Crippen LogP contribution in [0.3, 0.4) is 0 Å². The van der Waals surface area contributed by atoms with Gasteiger partial charge in [0.2, 0.25) is 5.91 Å². The molecule has 0 spiro atoms. The zero-order valence-electron chi connectivity index (χ0n) is 13.6. The van der Waals surface area contributed by atoms with Gasteiger partial charge in [-0.3, -0.25) is 9.59 Å². The lowest BCUT2D eigenvalue weighted by atomic mass is 10.0. The molecule has 0 saturated carbocycles. The second-order valence-corrected chi connectivity index (χ2v) is 5.59. The summed E-state index contributed by atoms with van der Waals surface area (Å²) in [5, 5.41) is 8.70. The van der Waals surface area contributed by atoms with Crippen molar-refractivity contribution in [3.63, 3.8) is 0 Å². The average molecular weight is 345 g/mol. The molecule has 2 rings (SSSR count). The van der Waals surface area contributed by atoms with Crippen molar-refractivity contribution in [3.05, 3.63) is 29.8 Å². The molecule has 132 valence electrons. The van der Waals surface area contributed by atoms with Crippen LogP contribution in [0.15, 0.2) is 24.3 Å². The number of nitrogens with zero attached hydrogens (tertiary/aromatic N) is 2. The number of benzene rings is 1. The van der Waals surface area contributed by atoms with Gasteiger partial charge in [0.25, 0.3) is 5.91 Å². The first-order valence-electron chi connectivity index (χ1n) is 7.88. The van der Waals surface area contributed by atoms with Crippen molar-refractivity contribution in [2.45, 2.75) is 25.3 Å². The number of piperidine rings is 1. The van der Waals surface area contributed by atoms with Crippen molar-refractivity contribution < 1.29 is 23.9 Å². The van der Waals surface area contributed by atoms with E-state index in [9.17, 15) is 14.4 Å². The predicted molar refractivity (Wildman–Crippen MR) is 86.2 cm³/mol. The van der Waals surface area contributed by atoms with E-state index in [1.165, 1.54) is 4.90 Å². The number of nitrogens with two attached hydrogens (primary N) is 1. The van der Waals surface area contributed by atoms with Gasteiger partial charge in [-0.1, -0.05) is 0 Å². The number of likely N-dealkylation sites (tertiary alicyclic amines) is 1. The van der Waals surface area contributed by atoms with Gasteiger partial charge in [-0.2, -0.15) is 5.26 Å². The van der Waals surface area contributed by atoms with Gasteiger partial charge in [-0.25, -0.2) is 4.79 Å². The van der Waals surface area contributed by atoms with Gasteiger partial charge in [-0.05, 0) is 43.5 Å². The van der Waals surface area contributed by atoms with Crippen molar-refractivity contribution in [2.75, 3.05) is 19.8 Å². The number of hydrogen-bond acceptors (Lipinski definition) is 6. The topological polar surface area (TPSA) is 123 Å². The largest absolute Gasteiger partial charge is 0.482 e. The maximum Gasteiger partial charge on any atom is 0.344 e. The molecule has 1 aliphatic heterocycles. The summed E-state index contributed by atoms with van der Waals surface area (Å²) < 4.78 is 10.1. The number of hydrogen-bond donors (Lipinski definition) is 1. The monoisotopic (exact) mass is 345 g/mol. The van der Waals surface area contributed by atoms with Gasteiger partial charge in [0.05, 0.1) is 11.6 Å². The first-order chi connectivity index (χ1) is 12.0. The minimum Gasteiger partial charge on any atom is -0.482 e. The van der Waals surface area contributed by atoms with Gasteiger partial charge in [0, 0.05) is 6.54 Å². The highest BCUT2D eigenvalue weighted by molar-refractivity contribution is 5.88. The van der Waals surface area contributed by atoms with Gasteiger partial charge >= 0.3 is 5.97 Å². The summed E-state index contributed by atoms with van der Waals surface area (Å²) in [5.74, 6) is -1.30. The highest BCUT2D eigenvalue weighted by atomic mass is 16.6. The molecule has 1 fully saturated rings. The number of rotatable bonds is 6. The Morgan fingerprint density at radius 1 is 1.20 bits per heavy atom. The van der Waals surface area contributed by atoms with Crippen LogP contribution in [0.2, 0.25) is 0 Å². The van der Waals surface area contributed by atoms with Crippen molar-refractivity contribution in [1.82, 2.24) is 4.90 Å². The highest BCUT2D eigenvalue weighted by Crippen LogP contribution is 2.17. The van der Waals surface area contributed by atoms with Crippen LogP contribution in [0.4, 0.5) is 0 Å². The van der Waals surface area contributed by atoms with Crippen LogP contribution in [0.25, 0.3) is 0 Å². The Morgan fingerprint density at radius 3 is 2.56 bits per heavy atom. The fourth-order valence-corrected chi connectivity index (χ4v) is 2.56. The third-order valence-corrected chi connectivity index (χ3v) is 3.85. The Balaban J connectivity index is 1.77. The van der Waals surface area contributed by atoms with Crippen LogP contribution < -0.4 is 10.5 Å². The molecule has 0 radical (unpaired) electrons. The molecule has 2 N–H and O–H groups in total. The fraction of sp³-hybridized carbons (Fsp3) is 0.412. The van der Waals surface area contributed by atoms with Crippen LogP contribution in [0, 0.1) is 11.3 Å². The number of amides is 2. The third-order valence-electron chi connectivity index (χ3n) is 3.85. The zero-order chi connectivity index (χ0) is 18.2. The minimum atomic E-state index is -0.703. The molecule has 1 aromatic carbocycles. The summed E-state index contributed by atoms with van der Waals surface area (Å²) >= 11 is 0. The Labute approximate surface area is 145 Å². The maximum absolute atomic E-state index is 12.1. The number of nitriles is 1. The van der Waals surface area contributed by atoms with E-state index < -0.39 is 30.4 Å². The first-order valence-corrected chi connectivity index (χ1v) is 7.88. The molecule has 8 nitrogen and oxygen atoms in total. The highest BCUT2D eigenvalue weighted by Gasteiger charge is 2.30. The maximum atomic E-state index is 12.1. The molecule has 2 amide bonds. The fourth-order valence-electron chi connectivity index (χ4n) is 2.56. The number of carbonyl (C=O) groups excluding carboxylic acids is 3. The molecule has 0 aromatic heterocycles. The van der Waals surface area contributed by atoms with E-state index in [4.69, 9.17) is 20.5 Å². The predicted octanol–water partition coefficient (Wildman–Crippen LogP) is 0.347. The van der Waals surface area contributed by atoms with Gasteiger partial charge in [-0.15, -0.1) is 0 Å². The van der Waals surface area contributed by atoms with Crippen LogP contribution in [0.5, 0.6) is 5.75 Å². The van der Waals surface area contributed by atoms with Crippen LogP contribution >= 0.6 is 0 Å². The minimum absolute atomic E-state index is 0.363. The van der Waals surface area contributed by atoms with E-state index in [0.717, 1.165) is 12.8 Å². The smallest absolute Gasteiger partial charge is 0.344 e. The normalized spacial score (nSPS) is 16.6. The van der Waals surface area contributed by atoms with Gasteiger partial charge < -0.3 is 20.1 Å². The SMILES string of the molecule is N#Cc1ccc(OCC(=O)OCC(=O)N2CCCC[C@H]2C(N)=O)cc1. The van der Waals surface area contributed by atoms with E-state index in [0.29, 0.717) is 24.3 Å². The van der Waals surface area contributed by atoms with Crippen LogP contribution in [0.1, 0.15) is 24.8 Å². The Kier molecular flexibility index (Phi) is 6.34. The molecule has 1 heterocycles. The molecule has 0 bridgehead atoms. The molecule has 0 aliphatic carbocycles. The number of carbonyl (C=O) groups is 3. The molecule has 25 heavy (non-hydrogen) atoms. The van der Waals surface area contributed by atoms with Gasteiger partial charge in [0.1, 0.15) is 11.8 Å². The molecular formula is C17H19N3O5. The molecular weight excluding hydrogens is 326 g/mol. The van der Waals surface area contributed by atoms with Crippen molar-refractivity contribution in [3.8, 4) is 11.8 Å². The van der Waals surface area contributed by atoms with E-state index >= 15 is 0 Å². The summed E-state index contributed by atoms with van der Waals surface area (Å²) in [5.41, 5.74) is 5.78. The lowest BCUT2D eigenvalue weighted by Gasteiger charge is -2.33. The first kappa shape index (κ1) is 18.3. The quantitative estimate of drug-likeness (QED) is 0.742. The van der Waals surface area contributed by atoms with Gasteiger partial charge in [0.15, 0.2) is 13.2 Å². The van der Waals surface area contributed by atoms with Crippen molar-refractivity contribution in [2.24, 2.45) is 5.73 Å². The lowest BCUT2D eigenvalue weighted by molar-refractivity contribution is -0.156. The molecule has 1 atom stereocenters. The third kappa shape index (κ3) is 5.21. The molecule has 1 aromatic rings. The number of primary amides is 1. The molecule has 1 saturated heterocycles. The Morgan fingerprint density at radius 2 is 1.92 bits per heavy atom. The Bertz CT molecular complexity index is 681. The van der Waals surface area contributed by atoms with E-state index in [-0.39, 0.29) is 6.61 Å². The molecule has 8 heteroatoms. The van der Waals surface area contributed by atoms with Crippen molar-refractivity contribution in [1.29, 1.82) is 5.26 Å². The van der Waals surface area contributed by atoms with Crippen molar-refractivity contribution >= 4 is 17.8 Å². The molecule has 1 aliphatic rings. The summed E-state index contributed by atoms with van der Waals surface area (Å²) in [6.07, 6.45) is 2.14. The second-order valence-electron chi connectivity index (χ2n) is 5.59. The molecule has 0 unspecified atom stereocenters. The summed E-state index contributed by atoms with van der Waals surface area (Å²) in [4.78, 5) is 36.6. The van der Waals surface area contributed by atoms with E-state index in [1.54, 1.807) is 24.3 Å². The summed E-state index contributed by atoms with van der Waals surface area (Å²) in [6, 6.07) is 7.56. The van der Waals surface area contributed by atoms with E-state index in [1.807, 2.05) is 6.07 Å². The zero-order valence-corrected chi connectivity index (χ0v) is 13.6. The number of esters is 1. The van der Waals surface area contributed by atoms with E-state index in [2.05, 4.69) is 0 Å². The Hall–Kier alpha value is -3.08. The van der Waals surface area contributed by atoms with Crippen LogP contribution in [-0.4, -0.2) is 48.5 Å². The lowest BCUT2D eigenvalue weighted by Crippen LogP contribution is -2.51.